The molecule has 1 unspecified atom stereocenters. The molecule has 1 fully saturated rings. The Balaban J connectivity index is 2.17. The van der Waals surface area contributed by atoms with Crippen LogP contribution in [0.1, 0.15) is 6.42 Å². The Hall–Kier alpha value is -1.89. The van der Waals surface area contributed by atoms with Gasteiger partial charge in [0.25, 0.3) is 0 Å². The van der Waals surface area contributed by atoms with Crippen LogP contribution in [0.5, 0.6) is 0 Å². The van der Waals surface area contributed by atoms with Crippen molar-refractivity contribution < 1.29 is 0 Å². The highest BCUT2D eigenvalue weighted by Crippen LogP contribution is 2.19. The zero-order valence-electron chi connectivity index (χ0n) is 9.58. The van der Waals surface area contributed by atoms with E-state index in [1.165, 1.54) is 9.08 Å². The lowest BCUT2D eigenvalue weighted by atomic mass is 10.3. The predicted molar refractivity (Wildman–Crippen MR) is 63.0 cm³/mol. The van der Waals surface area contributed by atoms with Crippen molar-refractivity contribution in [1.29, 1.82) is 0 Å². The van der Waals surface area contributed by atoms with Crippen LogP contribution in [0.4, 0.5) is 5.82 Å². The third kappa shape index (κ3) is 1.50. The smallest absolute Gasteiger partial charge is 0.350 e. The number of anilines is 1. The molecule has 1 saturated heterocycles. The number of fused-ring (bicyclic) bond motifs is 1. The van der Waals surface area contributed by atoms with Crippen molar-refractivity contribution in [3.63, 3.8) is 0 Å². The van der Waals surface area contributed by atoms with Crippen molar-refractivity contribution in [1.82, 2.24) is 19.2 Å². The first-order valence-corrected chi connectivity index (χ1v) is 5.57. The van der Waals surface area contributed by atoms with E-state index in [1.54, 1.807) is 19.4 Å². The minimum atomic E-state index is -0.160. The second kappa shape index (κ2) is 3.56. The molecule has 0 aliphatic carbocycles. The lowest BCUT2D eigenvalue weighted by Crippen LogP contribution is -2.27. The molecule has 0 saturated carbocycles. The van der Waals surface area contributed by atoms with Gasteiger partial charge in [0, 0.05) is 38.6 Å². The minimum absolute atomic E-state index is 0.160. The van der Waals surface area contributed by atoms with E-state index < -0.39 is 0 Å². The van der Waals surface area contributed by atoms with Gasteiger partial charge in [0.05, 0.1) is 0 Å². The van der Waals surface area contributed by atoms with Crippen molar-refractivity contribution in [2.45, 2.75) is 12.5 Å². The van der Waals surface area contributed by atoms with Crippen LogP contribution in [0.15, 0.2) is 17.2 Å². The van der Waals surface area contributed by atoms with Crippen LogP contribution in [-0.4, -0.2) is 38.3 Å². The van der Waals surface area contributed by atoms with Gasteiger partial charge in [-0.1, -0.05) is 0 Å². The quantitative estimate of drug-likeness (QED) is 0.682. The molecule has 0 spiro atoms. The van der Waals surface area contributed by atoms with Crippen LogP contribution in [0.3, 0.4) is 0 Å². The van der Waals surface area contributed by atoms with E-state index in [9.17, 15) is 4.79 Å². The first-order valence-electron chi connectivity index (χ1n) is 5.57. The van der Waals surface area contributed by atoms with Crippen molar-refractivity contribution in [3.05, 3.63) is 22.9 Å². The molecule has 7 nitrogen and oxygen atoms in total. The van der Waals surface area contributed by atoms with E-state index in [4.69, 9.17) is 5.73 Å². The second-order valence-electron chi connectivity index (χ2n) is 4.35. The summed E-state index contributed by atoms with van der Waals surface area (Å²) in [5.74, 6) is 0.734. The van der Waals surface area contributed by atoms with Gasteiger partial charge >= 0.3 is 5.69 Å². The van der Waals surface area contributed by atoms with E-state index in [1.807, 2.05) is 0 Å². The average molecular weight is 234 g/mol. The summed E-state index contributed by atoms with van der Waals surface area (Å²) < 4.78 is 2.82. The summed E-state index contributed by atoms with van der Waals surface area (Å²) >= 11 is 0. The minimum Gasteiger partial charge on any atom is -0.352 e. The Labute approximate surface area is 97.5 Å². The number of hydrogen-bond acceptors (Lipinski definition) is 5. The third-order valence-electron chi connectivity index (χ3n) is 3.09. The highest BCUT2D eigenvalue weighted by molar-refractivity contribution is 5.63. The molecule has 2 N–H and O–H groups in total. The standard InChI is InChI=1S/C10H14N6O/c1-14-10(17)16-5-3-12-8(9(16)13-14)15-4-2-7(11)6-15/h3,5,7H,2,4,6,11H2,1H3. The zero-order valence-corrected chi connectivity index (χ0v) is 9.58. The van der Waals surface area contributed by atoms with Crippen LogP contribution in [0.2, 0.25) is 0 Å². The Morgan fingerprint density at radius 3 is 3.06 bits per heavy atom. The largest absolute Gasteiger partial charge is 0.352 e. The van der Waals surface area contributed by atoms with Crippen molar-refractivity contribution in [2.24, 2.45) is 12.8 Å². The first kappa shape index (κ1) is 10.3. The SMILES string of the molecule is Cn1nc2c(N3CCC(N)C3)nccn2c1=O. The van der Waals surface area contributed by atoms with Gasteiger partial charge in [-0.25, -0.2) is 18.9 Å². The molecule has 0 amide bonds. The number of nitrogens with zero attached hydrogens (tertiary/aromatic N) is 5. The summed E-state index contributed by atoms with van der Waals surface area (Å²) in [4.78, 5) is 18.1. The summed E-state index contributed by atoms with van der Waals surface area (Å²) in [6.45, 7) is 1.62. The Kier molecular flexibility index (Phi) is 2.15. The van der Waals surface area contributed by atoms with E-state index in [2.05, 4.69) is 15.0 Å². The van der Waals surface area contributed by atoms with Gasteiger partial charge in [0.2, 0.25) is 5.65 Å². The Bertz CT molecular complexity index is 615. The molecule has 17 heavy (non-hydrogen) atoms. The fourth-order valence-electron chi connectivity index (χ4n) is 2.20. The van der Waals surface area contributed by atoms with Gasteiger partial charge in [-0.2, -0.15) is 0 Å². The zero-order chi connectivity index (χ0) is 12.0. The van der Waals surface area contributed by atoms with Gasteiger partial charge in [-0.05, 0) is 6.42 Å². The molecule has 3 rings (SSSR count). The monoisotopic (exact) mass is 234 g/mol. The molecular formula is C10H14N6O. The van der Waals surface area contributed by atoms with Crippen LogP contribution < -0.4 is 16.3 Å². The maximum Gasteiger partial charge on any atom is 0.350 e. The lowest BCUT2D eigenvalue weighted by Gasteiger charge is -2.16. The van der Waals surface area contributed by atoms with Gasteiger partial charge < -0.3 is 10.6 Å². The topological polar surface area (TPSA) is 81.4 Å². The summed E-state index contributed by atoms with van der Waals surface area (Å²) in [7, 11) is 1.63. The number of aryl methyl sites for hydroxylation is 1. The van der Waals surface area contributed by atoms with E-state index in [-0.39, 0.29) is 11.7 Å². The molecule has 1 atom stereocenters. The highest BCUT2D eigenvalue weighted by Gasteiger charge is 2.23. The molecule has 0 bridgehead atoms. The van der Waals surface area contributed by atoms with Crippen LogP contribution in [0, 0.1) is 0 Å². The Morgan fingerprint density at radius 1 is 1.53 bits per heavy atom. The van der Waals surface area contributed by atoms with E-state index in [0.717, 1.165) is 25.3 Å². The molecule has 1 aliphatic heterocycles. The van der Waals surface area contributed by atoms with Crippen LogP contribution in [-0.2, 0) is 7.05 Å². The molecule has 2 aromatic rings. The first-order chi connectivity index (χ1) is 8.16. The molecular weight excluding hydrogens is 220 g/mol. The summed E-state index contributed by atoms with van der Waals surface area (Å²) in [5.41, 5.74) is 6.31. The average Bonchev–Trinajstić information content (AvgIpc) is 2.85. The number of aromatic nitrogens is 4. The second-order valence-corrected chi connectivity index (χ2v) is 4.35. The third-order valence-corrected chi connectivity index (χ3v) is 3.09. The van der Waals surface area contributed by atoms with Crippen molar-refractivity contribution in [2.75, 3.05) is 18.0 Å². The van der Waals surface area contributed by atoms with Gasteiger partial charge in [0.1, 0.15) is 0 Å². The molecule has 3 heterocycles. The Morgan fingerprint density at radius 2 is 2.35 bits per heavy atom. The van der Waals surface area contributed by atoms with Crippen molar-refractivity contribution in [3.8, 4) is 0 Å². The highest BCUT2D eigenvalue weighted by atomic mass is 16.2. The maximum atomic E-state index is 11.8. The molecule has 2 aromatic heterocycles. The predicted octanol–water partition coefficient (Wildman–Crippen LogP) is -1.03. The number of hydrogen-bond donors (Lipinski definition) is 1. The maximum absolute atomic E-state index is 11.8. The van der Waals surface area contributed by atoms with Crippen LogP contribution in [0.25, 0.3) is 5.65 Å². The molecule has 90 valence electrons. The van der Waals surface area contributed by atoms with Gasteiger partial charge in [-0.15, -0.1) is 5.10 Å². The van der Waals surface area contributed by atoms with Gasteiger partial charge in [-0.3, -0.25) is 0 Å². The number of nitrogens with two attached hydrogens (primary N) is 1. The van der Waals surface area contributed by atoms with Crippen molar-refractivity contribution >= 4 is 11.5 Å². The normalized spacial score (nSPS) is 20.4. The fraction of sp³-hybridized carbons (Fsp3) is 0.500. The molecule has 0 radical (unpaired) electrons. The number of rotatable bonds is 1. The van der Waals surface area contributed by atoms with Crippen LogP contribution >= 0.6 is 0 Å². The molecule has 0 aromatic carbocycles. The molecule has 1 aliphatic rings. The summed E-state index contributed by atoms with van der Waals surface area (Å²) in [6, 6.07) is 0.174. The van der Waals surface area contributed by atoms with Gasteiger partial charge in [0.15, 0.2) is 5.82 Å². The summed E-state index contributed by atoms with van der Waals surface area (Å²) in [6.07, 6.45) is 4.19. The fourth-order valence-corrected chi connectivity index (χ4v) is 2.20. The van der Waals surface area contributed by atoms with E-state index >= 15 is 0 Å². The lowest BCUT2D eigenvalue weighted by molar-refractivity contribution is 0.732. The van der Waals surface area contributed by atoms with E-state index in [0.29, 0.717) is 5.65 Å². The summed E-state index contributed by atoms with van der Waals surface area (Å²) in [5, 5.41) is 4.20. The molecule has 7 heteroatoms.